The average Bonchev–Trinajstić information content (AvgIpc) is 3.51. The molecule has 0 aliphatic heterocycles. The van der Waals surface area contributed by atoms with Crippen LogP contribution in [0.5, 0.6) is 0 Å². The van der Waals surface area contributed by atoms with Gasteiger partial charge in [0.05, 0.1) is 5.69 Å². The van der Waals surface area contributed by atoms with E-state index in [1.807, 2.05) is 66.7 Å². The van der Waals surface area contributed by atoms with Crippen molar-refractivity contribution < 1.29 is 14.7 Å². The Balaban J connectivity index is 1.29. The fraction of sp³-hybridized carbons (Fsp3) is 0.147. The van der Waals surface area contributed by atoms with Crippen molar-refractivity contribution in [2.75, 3.05) is 11.4 Å². The van der Waals surface area contributed by atoms with Gasteiger partial charge in [0, 0.05) is 36.0 Å². The van der Waals surface area contributed by atoms with Crippen LogP contribution in [0.4, 0.5) is 5.13 Å². The van der Waals surface area contributed by atoms with Crippen molar-refractivity contribution in [1.29, 1.82) is 0 Å². The Hall–Kier alpha value is -4.75. The van der Waals surface area contributed by atoms with E-state index in [1.165, 1.54) is 5.56 Å². The molecule has 1 amide bonds. The maximum Gasteiger partial charge on any atom is 0.326 e. The van der Waals surface area contributed by atoms with E-state index in [0.29, 0.717) is 12.1 Å². The number of aliphatic carboxylic acids is 1. The summed E-state index contributed by atoms with van der Waals surface area (Å²) in [5, 5.41) is 15.4. The van der Waals surface area contributed by atoms with E-state index in [-0.39, 0.29) is 6.42 Å². The summed E-state index contributed by atoms with van der Waals surface area (Å²) in [7, 11) is 0. The van der Waals surface area contributed by atoms with Gasteiger partial charge in [-0.1, -0.05) is 103 Å². The first kappa shape index (κ1) is 27.8. The van der Waals surface area contributed by atoms with Gasteiger partial charge in [0.2, 0.25) is 0 Å². The molecule has 0 fully saturated rings. The van der Waals surface area contributed by atoms with Gasteiger partial charge in [-0.25, -0.2) is 9.78 Å². The van der Waals surface area contributed by atoms with Crippen LogP contribution >= 0.6 is 11.3 Å². The number of carboxylic acid groups (broad SMARTS) is 1. The molecule has 0 spiro atoms. The first-order valence-electron chi connectivity index (χ1n) is 13.5. The molecule has 41 heavy (non-hydrogen) atoms. The normalized spacial score (nSPS) is 11.5. The number of carbonyl (C=O) groups excluding carboxylic acids is 1. The van der Waals surface area contributed by atoms with E-state index in [2.05, 4.69) is 52.0 Å². The van der Waals surface area contributed by atoms with Crippen molar-refractivity contribution in [2.24, 2.45) is 0 Å². The lowest BCUT2D eigenvalue weighted by atomic mass is 10.0. The number of benzene rings is 4. The number of amides is 1. The molecule has 5 aromatic rings. The van der Waals surface area contributed by atoms with E-state index in [9.17, 15) is 14.7 Å². The Morgan fingerprint density at radius 2 is 1.39 bits per heavy atom. The minimum atomic E-state index is -1.06. The van der Waals surface area contributed by atoms with Crippen molar-refractivity contribution >= 4 is 28.3 Å². The molecule has 0 bridgehead atoms. The van der Waals surface area contributed by atoms with Crippen LogP contribution in [0, 0.1) is 0 Å². The Labute approximate surface area is 244 Å². The molecule has 6 nitrogen and oxygen atoms in total. The number of carbonyl (C=O) groups is 2. The molecule has 0 aliphatic carbocycles. The summed E-state index contributed by atoms with van der Waals surface area (Å²) in [6, 6.07) is 36.1. The minimum Gasteiger partial charge on any atom is -0.480 e. The van der Waals surface area contributed by atoms with Gasteiger partial charge in [-0.3, -0.25) is 4.79 Å². The zero-order valence-corrected chi connectivity index (χ0v) is 23.3. The Morgan fingerprint density at radius 1 is 0.780 bits per heavy atom. The smallest absolute Gasteiger partial charge is 0.326 e. The van der Waals surface area contributed by atoms with Gasteiger partial charge in [0.1, 0.15) is 6.04 Å². The molecular formula is C34H31N3O3S. The lowest BCUT2D eigenvalue weighted by Gasteiger charge is -2.22. The Kier molecular flexibility index (Phi) is 9.19. The number of anilines is 1. The SMILES string of the molecule is O=C(NC(Cc1ccccc1)C(=O)O)c1ccc(CN(CCc2ccccc2)c2nc(-c3ccccc3)cs2)cc1. The molecule has 206 valence electrons. The number of carboxylic acids is 1. The molecule has 0 radical (unpaired) electrons. The van der Waals surface area contributed by atoms with Gasteiger partial charge in [-0.05, 0) is 35.2 Å². The first-order valence-corrected chi connectivity index (χ1v) is 14.4. The van der Waals surface area contributed by atoms with Crippen molar-refractivity contribution in [3.63, 3.8) is 0 Å². The summed E-state index contributed by atoms with van der Waals surface area (Å²) in [5.74, 6) is -1.47. The second-order valence-electron chi connectivity index (χ2n) is 9.79. The molecule has 1 aromatic heterocycles. The summed E-state index contributed by atoms with van der Waals surface area (Å²) in [6.45, 7) is 1.41. The molecule has 5 rings (SSSR count). The topological polar surface area (TPSA) is 82.5 Å². The quantitative estimate of drug-likeness (QED) is 0.182. The third-order valence-corrected chi connectivity index (χ3v) is 7.72. The molecule has 0 saturated carbocycles. The van der Waals surface area contributed by atoms with Crippen molar-refractivity contribution in [3.8, 4) is 11.3 Å². The van der Waals surface area contributed by atoms with Gasteiger partial charge in [-0.15, -0.1) is 11.3 Å². The van der Waals surface area contributed by atoms with Crippen molar-refractivity contribution in [2.45, 2.75) is 25.4 Å². The highest BCUT2D eigenvalue weighted by Gasteiger charge is 2.21. The van der Waals surface area contributed by atoms with Gasteiger partial charge in [0.15, 0.2) is 5.13 Å². The van der Waals surface area contributed by atoms with Gasteiger partial charge < -0.3 is 15.3 Å². The van der Waals surface area contributed by atoms with E-state index in [0.717, 1.165) is 40.5 Å². The molecule has 2 N–H and O–H groups in total. The minimum absolute atomic E-state index is 0.217. The van der Waals surface area contributed by atoms with E-state index >= 15 is 0 Å². The first-order chi connectivity index (χ1) is 20.0. The van der Waals surface area contributed by atoms with Crippen LogP contribution in [0.15, 0.2) is 121 Å². The van der Waals surface area contributed by atoms with Gasteiger partial charge >= 0.3 is 5.97 Å². The molecule has 1 heterocycles. The number of nitrogens with one attached hydrogen (secondary N) is 1. The van der Waals surface area contributed by atoms with Crippen LogP contribution in [0.2, 0.25) is 0 Å². The monoisotopic (exact) mass is 561 g/mol. The van der Waals surface area contributed by atoms with Gasteiger partial charge in [0.25, 0.3) is 5.91 Å². The lowest BCUT2D eigenvalue weighted by Crippen LogP contribution is -2.42. The molecule has 1 unspecified atom stereocenters. The van der Waals surface area contributed by atoms with E-state index in [1.54, 1.807) is 23.5 Å². The molecule has 0 saturated heterocycles. The van der Waals surface area contributed by atoms with Crippen LogP contribution in [0.25, 0.3) is 11.3 Å². The number of rotatable bonds is 12. The van der Waals surface area contributed by atoms with E-state index < -0.39 is 17.9 Å². The number of thiazole rings is 1. The highest BCUT2D eigenvalue weighted by molar-refractivity contribution is 7.14. The zero-order chi connectivity index (χ0) is 28.4. The van der Waals surface area contributed by atoms with Crippen molar-refractivity contribution in [3.05, 3.63) is 143 Å². The number of hydrogen-bond acceptors (Lipinski definition) is 5. The fourth-order valence-electron chi connectivity index (χ4n) is 4.58. The molecule has 4 aromatic carbocycles. The maximum atomic E-state index is 12.9. The number of aromatic nitrogens is 1. The van der Waals surface area contributed by atoms with Gasteiger partial charge in [-0.2, -0.15) is 0 Å². The predicted molar refractivity (Wildman–Crippen MR) is 164 cm³/mol. The second-order valence-corrected chi connectivity index (χ2v) is 10.6. The Bertz CT molecular complexity index is 1560. The summed E-state index contributed by atoms with van der Waals surface area (Å²) in [5.41, 5.74) is 5.59. The van der Waals surface area contributed by atoms with Crippen molar-refractivity contribution in [1.82, 2.24) is 10.3 Å². The summed E-state index contributed by atoms with van der Waals surface area (Å²) >= 11 is 1.62. The Morgan fingerprint density at radius 3 is 2.02 bits per heavy atom. The predicted octanol–water partition coefficient (Wildman–Crippen LogP) is 6.49. The second kappa shape index (κ2) is 13.5. The third kappa shape index (κ3) is 7.68. The zero-order valence-electron chi connectivity index (χ0n) is 22.5. The highest BCUT2D eigenvalue weighted by Crippen LogP contribution is 2.28. The fourth-order valence-corrected chi connectivity index (χ4v) is 5.44. The maximum absolute atomic E-state index is 12.9. The standard InChI is InChI=1S/C34H31N3O3S/c38-32(35-30(33(39)40)22-26-12-6-2-7-13-26)29-18-16-27(17-19-29)23-37(21-20-25-10-4-1-5-11-25)34-36-31(24-41-34)28-14-8-3-9-15-28/h1-19,24,30H,20-23H2,(H,35,38)(H,39,40). The number of hydrogen-bond donors (Lipinski definition) is 2. The van der Waals surface area contributed by atoms with Crippen LogP contribution in [-0.4, -0.2) is 34.6 Å². The van der Waals surface area contributed by atoms with Crippen LogP contribution in [0.3, 0.4) is 0 Å². The summed E-state index contributed by atoms with van der Waals surface area (Å²) in [4.78, 5) is 31.9. The summed E-state index contributed by atoms with van der Waals surface area (Å²) < 4.78 is 0. The molecule has 0 aliphatic rings. The third-order valence-electron chi connectivity index (χ3n) is 6.82. The van der Waals surface area contributed by atoms with Crippen LogP contribution in [0.1, 0.15) is 27.0 Å². The highest BCUT2D eigenvalue weighted by atomic mass is 32.1. The molecular weight excluding hydrogens is 530 g/mol. The largest absolute Gasteiger partial charge is 0.480 e. The van der Waals surface area contributed by atoms with Crippen LogP contribution in [-0.2, 0) is 24.2 Å². The van der Waals surface area contributed by atoms with E-state index in [4.69, 9.17) is 4.98 Å². The molecule has 1 atom stereocenters. The number of nitrogens with zero attached hydrogens (tertiary/aromatic N) is 2. The summed E-state index contributed by atoms with van der Waals surface area (Å²) in [6.07, 6.45) is 1.09. The molecule has 7 heteroatoms. The average molecular weight is 562 g/mol. The van der Waals surface area contributed by atoms with Crippen LogP contribution < -0.4 is 10.2 Å². The lowest BCUT2D eigenvalue weighted by molar-refractivity contribution is -0.139.